The molecule has 21 heavy (non-hydrogen) atoms. The van der Waals surface area contributed by atoms with E-state index < -0.39 is 10.0 Å². The second-order valence-corrected chi connectivity index (χ2v) is 8.18. The van der Waals surface area contributed by atoms with Crippen LogP contribution in [0.1, 0.15) is 5.56 Å². The number of anilines is 2. The highest BCUT2D eigenvalue weighted by Gasteiger charge is 2.23. The predicted molar refractivity (Wildman–Crippen MR) is 81.7 cm³/mol. The SMILES string of the molecule is O=C1Cc2cc(NS(=O)(=O)c3cnc(Cl)s3)c(Cl)cc2N1. The van der Waals surface area contributed by atoms with Crippen molar-refractivity contribution in [2.24, 2.45) is 0 Å². The molecule has 10 heteroatoms. The van der Waals surface area contributed by atoms with Gasteiger partial charge in [0.2, 0.25) is 5.91 Å². The molecular weight excluding hydrogens is 357 g/mol. The summed E-state index contributed by atoms with van der Waals surface area (Å²) in [6, 6.07) is 3.05. The number of thiazole rings is 1. The third-order valence-electron chi connectivity index (χ3n) is 2.78. The quantitative estimate of drug-likeness (QED) is 0.877. The number of carbonyl (C=O) groups is 1. The fourth-order valence-corrected chi connectivity index (χ4v) is 4.52. The third kappa shape index (κ3) is 2.84. The van der Waals surface area contributed by atoms with Crippen molar-refractivity contribution >= 4 is 61.8 Å². The number of rotatable bonds is 3. The van der Waals surface area contributed by atoms with Gasteiger partial charge in [0.25, 0.3) is 10.0 Å². The van der Waals surface area contributed by atoms with Crippen LogP contribution in [0.15, 0.2) is 22.5 Å². The summed E-state index contributed by atoms with van der Waals surface area (Å²) in [7, 11) is -3.81. The Kier molecular flexibility index (Phi) is 3.56. The molecule has 2 heterocycles. The fraction of sp³-hybridized carbons (Fsp3) is 0.0909. The van der Waals surface area contributed by atoms with Crippen LogP contribution in [-0.4, -0.2) is 19.3 Å². The molecule has 0 spiro atoms. The van der Waals surface area contributed by atoms with E-state index in [2.05, 4.69) is 15.0 Å². The number of hydrogen-bond acceptors (Lipinski definition) is 5. The molecule has 2 N–H and O–H groups in total. The number of hydrogen-bond donors (Lipinski definition) is 2. The highest BCUT2D eigenvalue weighted by atomic mass is 35.5. The molecule has 1 aromatic heterocycles. The summed E-state index contributed by atoms with van der Waals surface area (Å²) in [4.78, 5) is 15.0. The lowest BCUT2D eigenvalue weighted by Gasteiger charge is -2.09. The first-order chi connectivity index (χ1) is 9.85. The second-order valence-electron chi connectivity index (χ2n) is 4.25. The first kappa shape index (κ1) is 14.6. The highest BCUT2D eigenvalue weighted by molar-refractivity contribution is 7.94. The van der Waals surface area contributed by atoms with Crippen LogP contribution in [0, 0.1) is 0 Å². The number of nitrogens with one attached hydrogen (secondary N) is 2. The van der Waals surface area contributed by atoms with Gasteiger partial charge in [0, 0.05) is 5.69 Å². The average Bonchev–Trinajstić information content (AvgIpc) is 2.95. The molecule has 6 nitrogen and oxygen atoms in total. The van der Waals surface area contributed by atoms with Crippen LogP contribution in [0.4, 0.5) is 11.4 Å². The highest BCUT2D eigenvalue weighted by Crippen LogP contribution is 2.34. The maximum Gasteiger partial charge on any atom is 0.273 e. The van der Waals surface area contributed by atoms with Crippen LogP contribution in [0.5, 0.6) is 0 Å². The van der Waals surface area contributed by atoms with E-state index in [1.54, 1.807) is 0 Å². The molecule has 0 aliphatic carbocycles. The first-order valence-electron chi connectivity index (χ1n) is 5.61. The Labute approximate surface area is 134 Å². The van der Waals surface area contributed by atoms with Crippen LogP contribution in [0.2, 0.25) is 9.49 Å². The Morgan fingerprint density at radius 1 is 1.33 bits per heavy atom. The van der Waals surface area contributed by atoms with Crippen molar-refractivity contribution in [2.75, 3.05) is 10.0 Å². The molecule has 1 aliphatic rings. The van der Waals surface area contributed by atoms with Gasteiger partial charge in [0.15, 0.2) is 8.68 Å². The summed E-state index contributed by atoms with van der Waals surface area (Å²) in [5, 5.41) is 2.83. The number of benzene rings is 1. The average molecular weight is 364 g/mol. The molecule has 0 fully saturated rings. The van der Waals surface area contributed by atoms with Crippen molar-refractivity contribution in [1.29, 1.82) is 0 Å². The molecule has 1 aliphatic heterocycles. The van der Waals surface area contributed by atoms with Gasteiger partial charge < -0.3 is 5.32 Å². The zero-order chi connectivity index (χ0) is 15.2. The maximum atomic E-state index is 12.2. The van der Waals surface area contributed by atoms with E-state index in [4.69, 9.17) is 23.2 Å². The van der Waals surface area contributed by atoms with Crippen molar-refractivity contribution in [3.05, 3.63) is 33.4 Å². The molecule has 0 atom stereocenters. The number of halogens is 2. The number of fused-ring (bicyclic) bond motifs is 1. The van der Waals surface area contributed by atoms with Gasteiger partial charge in [-0.2, -0.15) is 0 Å². The van der Waals surface area contributed by atoms with Crippen LogP contribution < -0.4 is 10.0 Å². The molecule has 1 amide bonds. The number of sulfonamides is 1. The molecule has 110 valence electrons. The Morgan fingerprint density at radius 2 is 2.10 bits per heavy atom. The largest absolute Gasteiger partial charge is 0.325 e. The van der Waals surface area contributed by atoms with Crippen molar-refractivity contribution < 1.29 is 13.2 Å². The smallest absolute Gasteiger partial charge is 0.273 e. The lowest BCUT2D eigenvalue weighted by Crippen LogP contribution is -2.12. The number of carbonyl (C=O) groups excluding carboxylic acids is 1. The van der Waals surface area contributed by atoms with Gasteiger partial charge in [-0.15, -0.1) is 0 Å². The van der Waals surface area contributed by atoms with Crippen molar-refractivity contribution in [2.45, 2.75) is 10.6 Å². The van der Waals surface area contributed by atoms with E-state index in [-0.39, 0.29) is 31.7 Å². The molecule has 2 aromatic rings. The zero-order valence-electron chi connectivity index (χ0n) is 10.2. The molecule has 0 saturated carbocycles. The predicted octanol–water partition coefficient (Wildman–Crippen LogP) is 2.75. The monoisotopic (exact) mass is 363 g/mol. The molecule has 3 rings (SSSR count). The first-order valence-corrected chi connectivity index (χ1v) is 8.67. The Bertz CT molecular complexity index is 848. The maximum absolute atomic E-state index is 12.2. The number of aromatic nitrogens is 1. The lowest BCUT2D eigenvalue weighted by atomic mass is 10.1. The number of nitrogens with zero attached hydrogens (tertiary/aromatic N) is 1. The van der Waals surface area contributed by atoms with Crippen LogP contribution in [0.25, 0.3) is 0 Å². The van der Waals surface area contributed by atoms with E-state index in [0.717, 1.165) is 11.3 Å². The van der Waals surface area contributed by atoms with Crippen molar-refractivity contribution in [3.63, 3.8) is 0 Å². The van der Waals surface area contributed by atoms with E-state index in [9.17, 15) is 13.2 Å². The normalized spacial score (nSPS) is 13.9. The minimum atomic E-state index is -3.81. The standard InChI is InChI=1S/C11H7Cl2N3O3S2/c12-6-3-7-5(2-9(17)15-7)1-8(6)16-21(18,19)10-4-14-11(13)20-10/h1,3-4,16H,2H2,(H,15,17). The van der Waals surface area contributed by atoms with Gasteiger partial charge in [0.05, 0.1) is 23.3 Å². The van der Waals surface area contributed by atoms with E-state index >= 15 is 0 Å². The number of amides is 1. The van der Waals surface area contributed by atoms with Gasteiger partial charge in [-0.05, 0) is 17.7 Å². The summed E-state index contributed by atoms with van der Waals surface area (Å²) >= 11 is 12.5. The molecule has 0 unspecified atom stereocenters. The Balaban J connectivity index is 1.96. The van der Waals surface area contributed by atoms with Gasteiger partial charge >= 0.3 is 0 Å². The summed E-state index contributed by atoms with van der Waals surface area (Å²) in [6.45, 7) is 0. The van der Waals surface area contributed by atoms with Crippen LogP contribution >= 0.6 is 34.5 Å². The van der Waals surface area contributed by atoms with E-state index in [0.29, 0.717) is 11.3 Å². The third-order valence-corrected chi connectivity index (χ3v) is 6.04. The molecule has 0 saturated heterocycles. The Hall–Kier alpha value is -1.35. The topological polar surface area (TPSA) is 88.2 Å². The van der Waals surface area contributed by atoms with Gasteiger partial charge in [-0.1, -0.05) is 34.5 Å². The molecule has 1 aromatic carbocycles. The van der Waals surface area contributed by atoms with Gasteiger partial charge in [-0.3, -0.25) is 9.52 Å². The summed E-state index contributed by atoms with van der Waals surface area (Å²) in [5.41, 5.74) is 1.48. The summed E-state index contributed by atoms with van der Waals surface area (Å²) in [5.74, 6) is -0.157. The van der Waals surface area contributed by atoms with Crippen molar-refractivity contribution in [1.82, 2.24) is 4.98 Å². The van der Waals surface area contributed by atoms with E-state index in [1.165, 1.54) is 18.3 Å². The van der Waals surface area contributed by atoms with Gasteiger partial charge in [0.1, 0.15) is 0 Å². The minimum absolute atomic E-state index is 0.0155. The minimum Gasteiger partial charge on any atom is -0.325 e. The molecule has 0 bridgehead atoms. The van der Waals surface area contributed by atoms with Gasteiger partial charge in [-0.25, -0.2) is 13.4 Å². The van der Waals surface area contributed by atoms with Crippen LogP contribution in [0.3, 0.4) is 0 Å². The second kappa shape index (κ2) is 5.13. The Morgan fingerprint density at radius 3 is 2.76 bits per heavy atom. The fourth-order valence-electron chi connectivity index (χ4n) is 1.88. The van der Waals surface area contributed by atoms with Crippen LogP contribution in [-0.2, 0) is 21.2 Å². The summed E-state index contributed by atoms with van der Waals surface area (Å²) in [6.07, 6.45) is 1.36. The lowest BCUT2D eigenvalue weighted by molar-refractivity contribution is -0.115. The van der Waals surface area contributed by atoms with Crippen molar-refractivity contribution in [3.8, 4) is 0 Å². The summed E-state index contributed by atoms with van der Waals surface area (Å²) < 4.78 is 26.9. The molecular formula is C11H7Cl2N3O3S2. The molecule has 0 radical (unpaired) electrons. The zero-order valence-corrected chi connectivity index (χ0v) is 13.3. The van der Waals surface area contributed by atoms with E-state index in [1.807, 2.05) is 0 Å².